The molecule has 0 aliphatic heterocycles. The maximum Gasteiger partial charge on any atom is 0.262 e. The number of nitrogens with one attached hydrogen (secondary N) is 2. The van der Waals surface area contributed by atoms with Crippen molar-refractivity contribution in [1.82, 2.24) is 5.32 Å². The Balaban J connectivity index is 1.40. The topological polar surface area (TPSA) is 87.7 Å². The molecule has 0 radical (unpaired) electrons. The van der Waals surface area contributed by atoms with Crippen LogP contribution >= 0.6 is 0 Å². The molecule has 0 aromatic heterocycles. The standard InChI is InChI=1S/C27H28N2O4/c1-18(19-9-3-2-4-10-19)28-27(32)22-11-5-6-14-23(22)29-26(31)17-33-25-16-8-12-20-21(25)13-7-15-24(20)30/h2-6,8-12,14,16,18,24,30H,7,13,15,17H2,1H3,(H,28,32)(H,29,31). The number of rotatable bonds is 7. The van der Waals surface area contributed by atoms with Crippen LogP contribution in [-0.2, 0) is 11.2 Å². The summed E-state index contributed by atoms with van der Waals surface area (Å²) in [7, 11) is 0. The summed E-state index contributed by atoms with van der Waals surface area (Å²) in [5.74, 6) is -0.0151. The predicted molar refractivity (Wildman–Crippen MR) is 127 cm³/mol. The van der Waals surface area contributed by atoms with Crippen molar-refractivity contribution in [3.05, 3.63) is 95.1 Å². The number of amides is 2. The number of benzene rings is 3. The second kappa shape index (κ2) is 10.3. The lowest BCUT2D eigenvalue weighted by atomic mass is 9.89. The van der Waals surface area contributed by atoms with E-state index in [0.717, 1.165) is 36.0 Å². The second-order valence-electron chi connectivity index (χ2n) is 8.22. The number of para-hydroxylation sites is 1. The average molecular weight is 445 g/mol. The van der Waals surface area contributed by atoms with Gasteiger partial charge in [-0.3, -0.25) is 9.59 Å². The van der Waals surface area contributed by atoms with E-state index in [-0.39, 0.29) is 24.5 Å². The zero-order chi connectivity index (χ0) is 23.2. The van der Waals surface area contributed by atoms with Gasteiger partial charge >= 0.3 is 0 Å². The van der Waals surface area contributed by atoms with Crippen molar-refractivity contribution in [1.29, 1.82) is 0 Å². The molecule has 2 atom stereocenters. The first-order chi connectivity index (χ1) is 16.0. The lowest BCUT2D eigenvalue weighted by Crippen LogP contribution is -2.28. The molecule has 0 fully saturated rings. The summed E-state index contributed by atoms with van der Waals surface area (Å²) in [6, 6.07) is 22.0. The molecule has 33 heavy (non-hydrogen) atoms. The smallest absolute Gasteiger partial charge is 0.262 e. The third kappa shape index (κ3) is 5.41. The predicted octanol–water partition coefficient (Wildman–Crippen LogP) is 4.56. The van der Waals surface area contributed by atoms with Crippen LogP contribution in [0.3, 0.4) is 0 Å². The van der Waals surface area contributed by atoms with Crippen LogP contribution in [0.15, 0.2) is 72.8 Å². The van der Waals surface area contributed by atoms with Crippen LogP contribution in [0.1, 0.15) is 59.0 Å². The Labute approximate surface area is 193 Å². The lowest BCUT2D eigenvalue weighted by molar-refractivity contribution is -0.118. The molecule has 0 spiro atoms. The fourth-order valence-electron chi connectivity index (χ4n) is 4.14. The van der Waals surface area contributed by atoms with Gasteiger partial charge in [-0.2, -0.15) is 0 Å². The fourth-order valence-corrected chi connectivity index (χ4v) is 4.14. The molecule has 170 valence electrons. The molecule has 3 aromatic carbocycles. The highest BCUT2D eigenvalue weighted by molar-refractivity contribution is 6.04. The van der Waals surface area contributed by atoms with Gasteiger partial charge < -0.3 is 20.5 Å². The van der Waals surface area contributed by atoms with Crippen LogP contribution in [0.5, 0.6) is 5.75 Å². The van der Waals surface area contributed by atoms with E-state index in [1.165, 1.54) is 0 Å². The monoisotopic (exact) mass is 444 g/mol. The van der Waals surface area contributed by atoms with Gasteiger partial charge in [0.05, 0.1) is 23.4 Å². The number of carbonyl (C=O) groups is 2. The first-order valence-corrected chi connectivity index (χ1v) is 11.2. The minimum absolute atomic E-state index is 0.176. The Morgan fingerprint density at radius 3 is 2.61 bits per heavy atom. The summed E-state index contributed by atoms with van der Waals surface area (Å²) in [6.45, 7) is 1.72. The molecule has 1 aliphatic carbocycles. The van der Waals surface area contributed by atoms with Crippen molar-refractivity contribution in [2.75, 3.05) is 11.9 Å². The molecule has 0 saturated heterocycles. The number of aliphatic hydroxyl groups excluding tert-OH is 1. The SMILES string of the molecule is CC(NC(=O)c1ccccc1NC(=O)COc1cccc2c1CCCC2O)c1ccccc1. The van der Waals surface area contributed by atoms with Crippen LogP contribution in [0, 0.1) is 0 Å². The van der Waals surface area contributed by atoms with Crippen LogP contribution in [0.25, 0.3) is 0 Å². The van der Waals surface area contributed by atoms with E-state index in [0.29, 0.717) is 17.0 Å². The summed E-state index contributed by atoms with van der Waals surface area (Å²) in [5.41, 5.74) is 3.63. The molecule has 2 amide bonds. The molecule has 4 rings (SSSR count). The average Bonchev–Trinajstić information content (AvgIpc) is 2.84. The summed E-state index contributed by atoms with van der Waals surface area (Å²) >= 11 is 0. The quantitative estimate of drug-likeness (QED) is 0.498. The molecule has 6 nitrogen and oxygen atoms in total. The first-order valence-electron chi connectivity index (χ1n) is 11.2. The molecule has 6 heteroatoms. The highest BCUT2D eigenvalue weighted by Gasteiger charge is 2.21. The molecule has 0 heterocycles. The fraction of sp³-hybridized carbons (Fsp3) is 0.259. The number of fused-ring (bicyclic) bond motifs is 1. The zero-order valence-corrected chi connectivity index (χ0v) is 18.6. The minimum atomic E-state index is -0.491. The molecule has 0 saturated carbocycles. The van der Waals surface area contributed by atoms with Gasteiger partial charge in [0.25, 0.3) is 11.8 Å². The zero-order valence-electron chi connectivity index (χ0n) is 18.6. The van der Waals surface area contributed by atoms with Gasteiger partial charge in [-0.1, -0.05) is 54.6 Å². The Kier molecular flexibility index (Phi) is 7.05. The van der Waals surface area contributed by atoms with Crippen LogP contribution < -0.4 is 15.4 Å². The molecule has 2 unspecified atom stereocenters. The van der Waals surface area contributed by atoms with E-state index >= 15 is 0 Å². The van der Waals surface area contributed by atoms with E-state index in [4.69, 9.17) is 4.74 Å². The van der Waals surface area contributed by atoms with Gasteiger partial charge in [0.1, 0.15) is 5.75 Å². The Bertz CT molecular complexity index is 1130. The van der Waals surface area contributed by atoms with Gasteiger partial charge in [-0.05, 0) is 61.1 Å². The molecule has 3 N–H and O–H groups in total. The lowest BCUT2D eigenvalue weighted by Gasteiger charge is -2.23. The number of carbonyl (C=O) groups excluding carboxylic acids is 2. The van der Waals surface area contributed by atoms with E-state index in [1.54, 1.807) is 24.3 Å². The maximum atomic E-state index is 12.9. The third-order valence-electron chi connectivity index (χ3n) is 5.88. The van der Waals surface area contributed by atoms with E-state index < -0.39 is 6.10 Å². The molecule has 3 aromatic rings. The van der Waals surface area contributed by atoms with Crippen LogP contribution in [0.2, 0.25) is 0 Å². The molecular formula is C27H28N2O4. The van der Waals surface area contributed by atoms with Crippen molar-refractivity contribution in [2.45, 2.75) is 38.3 Å². The van der Waals surface area contributed by atoms with Gasteiger partial charge in [-0.15, -0.1) is 0 Å². The van der Waals surface area contributed by atoms with Crippen molar-refractivity contribution >= 4 is 17.5 Å². The van der Waals surface area contributed by atoms with Crippen molar-refractivity contribution in [3.63, 3.8) is 0 Å². The summed E-state index contributed by atoms with van der Waals surface area (Å²) in [5, 5.41) is 16.0. The number of hydrogen-bond acceptors (Lipinski definition) is 4. The Morgan fingerprint density at radius 2 is 1.79 bits per heavy atom. The number of ether oxygens (including phenoxy) is 1. The summed E-state index contributed by atoms with van der Waals surface area (Å²) in [6.07, 6.45) is 1.94. The van der Waals surface area contributed by atoms with E-state index in [9.17, 15) is 14.7 Å². The molecule has 0 bridgehead atoms. The van der Waals surface area contributed by atoms with Gasteiger partial charge in [0, 0.05) is 0 Å². The van der Waals surface area contributed by atoms with Crippen molar-refractivity contribution < 1.29 is 19.4 Å². The highest BCUT2D eigenvalue weighted by Crippen LogP contribution is 2.35. The summed E-state index contributed by atoms with van der Waals surface area (Å²) < 4.78 is 5.79. The van der Waals surface area contributed by atoms with Gasteiger partial charge in [-0.25, -0.2) is 0 Å². The second-order valence-corrected chi connectivity index (χ2v) is 8.22. The Morgan fingerprint density at radius 1 is 1.03 bits per heavy atom. The normalized spacial score (nSPS) is 15.8. The van der Waals surface area contributed by atoms with Crippen molar-refractivity contribution in [3.8, 4) is 5.75 Å². The largest absolute Gasteiger partial charge is 0.483 e. The number of anilines is 1. The van der Waals surface area contributed by atoms with Crippen LogP contribution in [0.4, 0.5) is 5.69 Å². The number of aliphatic hydroxyl groups is 1. The molecular weight excluding hydrogens is 416 g/mol. The van der Waals surface area contributed by atoms with E-state index in [2.05, 4.69) is 10.6 Å². The van der Waals surface area contributed by atoms with E-state index in [1.807, 2.05) is 55.5 Å². The van der Waals surface area contributed by atoms with Crippen molar-refractivity contribution in [2.24, 2.45) is 0 Å². The third-order valence-corrected chi connectivity index (χ3v) is 5.88. The number of hydrogen-bond donors (Lipinski definition) is 3. The minimum Gasteiger partial charge on any atom is -0.483 e. The maximum absolute atomic E-state index is 12.9. The molecule has 1 aliphatic rings. The van der Waals surface area contributed by atoms with Gasteiger partial charge in [0.15, 0.2) is 6.61 Å². The Hall–Kier alpha value is -3.64. The highest BCUT2D eigenvalue weighted by atomic mass is 16.5. The first kappa shape index (κ1) is 22.6. The van der Waals surface area contributed by atoms with Gasteiger partial charge in [0.2, 0.25) is 0 Å². The van der Waals surface area contributed by atoms with Crippen LogP contribution in [-0.4, -0.2) is 23.5 Å². The summed E-state index contributed by atoms with van der Waals surface area (Å²) in [4.78, 5) is 25.5.